The molecular formula is C7H14N2. The fourth-order valence-corrected chi connectivity index (χ4v) is 0.552. The fourth-order valence-electron chi connectivity index (χ4n) is 0.552. The van der Waals surface area contributed by atoms with Gasteiger partial charge in [-0.25, -0.2) is 0 Å². The van der Waals surface area contributed by atoms with Crippen LogP contribution in [0, 0.1) is 5.92 Å². The Balaban J connectivity index is 4.01. The summed E-state index contributed by atoms with van der Waals surface area (Å²) >= 11 is 0. The van der Waals surface area contributed by atoms with Gasteiger partial charge < -0.3 is 11.5 Å². The summed E-state index contributed by atoms with van der Waals surface area (Å²) in [4.78, 5) is 0. The standard InChI is InChI=1S/C7H14N2/c1-6(2)7(5-9)3-4-8/h3-6H,8-9H2,1-2H3/b4-3-,7-5+. The van der Waals surface area contributed by atoms with E-state index in [1.54, 1.807) is 6.20 Å². The lowest BCUT2D eigenvalue weighted by molar-refractivity contribution is 0.788. The maximum absolute atomic E-state index is 5.29. The highest BCUT2D eigenvalue weighted by Gasteiger charge is 1.95. The molecular weight excluding hydrogens is 112 g/mol. The van der Waals surface area contributed by atoms with Crippen LogP contribution in [-0.2, 0) is 0 Å². The molecule has 0 saturated carbocycles. The van der Waals surface area contributed by atoms with Crippen molar-refractivity contribution in [1.29, 1.82) is 0 Å². The van der Waals surface area contributed by atoms with E-state index in [-0.39, 0.29) is 0 Å². The highest BCUT2D eigenvalue weighted by atomic mass is 14.5. The van der Waals surface area contributed by atoms with Crippen molar-refractivity contribution < 1.29 is 0 Å². The summed E-state index contributed by atoms with van der Waals surface area (Å²) < 4.78 is 0. The van der Waals surface area contributed by atoms with Gasteiger partial charge in [0.25, 0.3) is 0 Å². The molecule has 0 aliphatic rings. The Labute approximate surface area is 56.2 Å². The first kappa shape index (κ1) is 8.08. The lowest BCUT2D eigenvalue weighted by Gasteiger charge is -2.02. The van der Waals surface area contributed by atoms with Crippen molar-refractivity contribution in [3.05, 3.63) is 24.0 Å². The molecule has 0 spiro atoms. The lowest BCUT2D eigenvalue weighted by atomic mass is 10.1. The predicted molar refractivity (Wildman–Crippen MR) is 40.4 cm³/mol. The van der Waals surface area contributed by atoms with Gasteiger partial charge in [0.05, 0.1) is 0 Å². The molecule has 0 aliphatic carbocycles. The van der Waals surface area contributed by atoms with Gasteiger partial charge in [0.15, 0.2) is 0 Å². The average molecular weight is 126 g/mol. The van der Waals surface area contributed by atoms with Crippen LogP contribution in [0.3, 0.4) is 0 Å². The summed E-state index contributed by atoms with van der Waals surface area (Å²) in [6, 6.07) is 0. The summed E-state index contributed by atoms with van der Waals surface area (Å²) in [7, 11) is 0. The Kier molecular flexibility index (Phi) is 3.60. The number of nitrogens with two attached hydrogens (primary N) is 2. The van der Waals surface area contributed by atoms with E-state index in [1.165, 1.54) is 6.20 Å². The maximum Gasteiger partial charge on any atom is -0.00265 e. The third-order valence-electron chi connectivity index (χ3n) is 1.15. The molecule has 0 aromatic rings. The van der Waals surface area contributed by atoms with Gasteiger partial charge >= 0.3 is 0 Å². The smallest absolute Gasteiger partial charge is 0.00265 e. The first-order chi connectivity index (χ1) is 4.22. The molecule has 0 fully saturated rings. The van der Waals surface area contributed by atoms with Crippen LogP contribution in [-0.4, -0.2) is 0 Å². The fraction of sp³-hybridized carbons (Fsp3) is 0.429. The molecule has 0 heterocycles. The van der Waals surface area contributed by atoms with E-state index in [0.717, 1.165) is 5.57 Å². The van der Waals surface area contributed by atoms with Crippen LogP contribution in [0.2, 0.25) is 0 Å². The van der Waals surface area contributed by atoms with Crippen LogP contribution >= 0.6 is 0 Å². The highest BCUT2D eigenvalue weighted by Crippen LogP contribution is 2.07. The van der Waals surface area contributed by atoms with E-state index in [2.05, 4.69) is 13.8 Å². The molecule has 0 radical (unpaired) electrons. The minimum Gasteiger partial charge on any atom is -0.405 e. The molecule has 2 nitrogen and oxygen atoms in total. The Morgan fingerprint density at radius 2 is 1.89 bits per heavy atom. The second-order valence-electron chi connectivity index (χ2n) is 2.18. The second kappa shape index (κ2) is 4.01. The Hall–Kier alpha value is -0.920. The zero-order valence-corrected chi connectivity index (χ0v) is 5.96. The van der Waals surface area contributed by atoms with E-state index in [0.29, 0.717) is 5.92 Å². The summed E-state index contributed by atoms with van der Waals surface area (Å²) in [6.07, 6.45) is 4.89. The third-order valence-corrected chi connectivity index (χ3v) is 1.15. The molecule has 2 heteroatoms. The van der Waals surface area contributed by atoms with Crippen LogP contribution in [0.4, 0.5) is 0 Å². The van der Waals surface area contributed by atoms with Gasteiger partial charge in [-0.05, 0) is 30.0 Å². The monoisotopic (exact) mass is 126 g/mol. The average Bonchev–Trinajstić information content (AvgIpc) is 1.82. The number of hydrogen-bond acceptors (Lipinski definition) is 2. The van der Waals surface area contributed by atoms with Crippen molar-refractivity contribution >= 4 is 0 Å². The number of rotatable bonds is 2. The van der Waals surface area contributed by atoms with Crippen molar-refractivity contribution in [3.63, 3.8) is 0 Å². The zero-order valence-electron chi connectivity index (χ0n) is 5.96. The third kappa shape index (κ3) is 2.80. The topological polar surface area (TPSA) is 52.0 Å². The zero-order chi connectivity index (χ0) is 7.28. The molecule has 0 saturated heterocycles. The van der Waals surface area contributed by atoms with Crippen LogP contribution in [0.1, 0.15) is 13.8 Å². The Bertz CT molecular complexity index is 123. The van der Waals surface area contributed by atoms with Crippen molar-refractivity contribution in [2.45, 2.75) is 13.8 Å². The molecule has 0 unspecified atom stereocenters. The quantitative estimate of drug-likeness (QED) is 0.541. The van der Waals surface area contributed by atoms with Crippen LogP contribution < -0.4 is 11.5 Å². The highest BCUT2D eigenvalue weighted by molar-refractivity contribution is 5.18. The number of hydrogen-bond donors (Lipinski definition) is 2. The minimum atomic E-state index is 0.454. The van der Waals surface area contributed by atoms with Gasteiger partial charge in [0, 0.05) is 0 Å². The van der Waals surface area contributed by atoms with Gasteiger partial charge in [0.1, 0.15) is 0 Å². The lowest BCUT2D eigenvalue weighted by Crippen LogP contribution is -1.95. The summed E-state index contributed by atoms with van der Waals surface area (Å²) in [5.41, 5.74) is 11.5. The summed E-state index contributed by atoms with van der Waals surface area (Å²) in [6.45, 7) is 4.14. The maximum atomic E-state index is 5.29. The van der Waals surface area contributed by atoms with Crippen molar-refractivity contribution in [2.75, 3.05) is 0 Å². The van der Waals surface area contributed by atoms with E-state index in [1.807, 2.05) is 6.08 Å². The molecule has 0 rings (SSSR count). The molecule has 0 amide bonds. The van der Waals surface area contributed by atoms with E-state index in [4.69, 9.17) is 11.5 Å². The summed E-state index contributed by atoms with van der Waals surface area (Å²) in [5.74, 6) is 0.454. The minimum absolute atomic E-state index is 0.454. The van der Waals surface area contributed by atoms with Gasteiger partial charge in [-0.2, -0.15) is 0 Å². The molecule has 0 bridgehead atoms. The van der Waals surface area contributed by atoms with Crippen LogP contribution in [0.5, 0.6) is 0 Å². The molecule has 0 aromatic heterocycles. The van der Waals surface area contributed by atoms with Crippen LogP contribution in [0.25, 0.3) is 0 Å². The predicted octanol–water partition coefficient (Wildman–Crippen LogP) is 0.957. The van der Waals surface area contributed by atoms with E-state index >= 15 is 0 Å². The van der Waals surface area contributed by atoms with Crippen molar-refractivity contribution in [2.24, 2.45) is 17.4 Å². The Morgan fingerprint density at radius 1 is 1.33 bits per heavy atom. The number of allylic oxidation sites excluding steroid dienone is 2. The first-order valence-corrected chi connectivity index (χ1v) is 3.02. The largest absolute Gasteiger partial charge is 0.405 e. The molecule has 0 aromatic carbocycles. The SMILES string of the molecule is CC(C)C(/C=C\N)=C/N. The Morgan fingerprint density at radius 3 is 2.00 bits per heavy atom. The van der Waals surface area contributed by atoms with Gasteiger partial charge in [-0.15, -0.1) is 0 Å². The summed E-state index contributed by atoms with van der Waals surface area (Å²) in [5, 5.41) is 0. The van der Waals surface area contributed by atoms with Crippen molar-refractivity contribution in [1.82, 2.24) is 0 Å². The normalized spacial score (nSPS) is 13.4. The van der Waals surface area contributed by atoms with E-state index < -0.39 is 0 Å². The van der Waals surface area contributed by atoms with Crippen molar-refractivity contribution in [3.8, 4) is 0 Å². The molecule has 52 valence electrons. The van der Waals surface area contributed by atoms with Gasteiger partial charge in [0.2, 0.25) is 0 Å². The second-order valence-corrected chi connectivity index (χ2v) is 2.18. The van der Waals surface area contributed by atoms with E-state index in [9.17, 15) is 0 Å². The first-order valence-electron chi connectivity index (χ1n) is 3.02. The van der Waals surface area contributed by atoms with Gasteiger partial charge in [-0.3, -0.25) is 0 Å². The van der Waals surface area contributed by atoms with Crippen LogP contribution in [0.15, 0.2) is 24.0 Å². The molecule has 9 heavy (non-hydrogen) atoms. The molecule has 4 N–H and O–H groups in total. The van der Waals surface area contributed by atoms with Gasteiger partial charge in [-0.1, -0.05) is 13.8 Å². The molecule has 0 aliphatic heterocycles. The molecule has 0 atom stereocenters.